The van der Waals surface area contributed by atoms with Crippen LogP contribution in [0.15, 0.2) is 66.7 Å². The number of anilines is 1. The van der Waals surface area contributed by atoms with Gasteiger partial charge in [-0.25, -0.2) is 4.39 Å². The summed E-state index contributed by atoms with van der Waals surface area (Å²) >= 11 is 0. The maximum absolute atomic E-state index is 14.5. The Morgan fingerprint density at radius 2 is 1.29 bits per heavy atom. The minimum absolute atomic E-state index is 0.00658. The number of nitrogens with zero attached hydrogens (tertiary/aromatic N) is 1. The number of hydrogen-bond acceptors (Lipinski definition) is 5. The number of rotatable bonds is 5. The predicted molar refractivity (Wildman–Crippen MR) is 129 cm³/mol. The molecule has 0 aromatic heterocycles. The molecule has 1 aliphatic rings. The molecule has 0 saturated carbocycles. The first-order valence-electron chi connectivity index (χ1n) is 11.4. The third-order valence-corrected chi connectivity index (χ3v) is 7.00. The summed E-state index contributed by atoms with van der Waals surface area (Å²) in [4.78, 5) is 29.2. The van der Waals surface area contributed by atoms with E-state index in [0.29, 0.717) is 28.8 Å². The molecule has 3 aromatic rings. The number of phenols is 2. The van der Waals surface area contributed by atoms with Crippen molar-refractivity contribution in [1.82, 2.24) is 0 Å². The molecule has 2 N–H and O–H groups in total. The molecule has 0 radical (unpaired) electrons. The van der Waals surface area contributed by atoms with Crippen molar-refractivity contribution in [2.75, 3.05) is 4.90 Å². The van der Waals surface area contributed by atoms with Crippen molar-refractivity contribution in [3.8, 4) is 11.5 Å². The number of piperidine rings is 1. The summed E-state index contributed by atoms with van der Waals surface area (Å²) in [5.74, 6) is -1.85. The second kappa shape index (κ2) is 9.29. The highest BCUT2D eigenvalue weighted by atomic mass is 19.1. The highest BCUT2D eigenvalue weighted by Gasteiger charge is 2.45. The van der Waals surface area contributed by atoms with E-state index in [4.69, 9.17) is 0 Å². The summed E-state index contributed by atoms with van der Waals surface area (Å²) in [6.07, 6.45) is 0.302. The number of halogens is 1. The van der Waals surface area contributed by atoms with Gasteiger partial charge in [-0.3, -0.25) is 9.59 Å². The van der Waals surface area contributed by atoms with Gasteiger partial charge in [0.15, 0.2) is 11.6 Å². The van der Waals surface area contributed by atoms with Crippen LogP contribution in [0.3, 0.4) is 0 Å². The van der Waals surface area contributed by atoms with Crippen molar-refractivity contribution >= 4 is 17.3 Å². The third kappa shape index (κ3) is 4.28. The minimum Gasteiger partial charge on any atom is -0.508 e. The van der Waals surface area contributed by atoms with Crippen LogP contribution in [0, 0.1) is 24.6 Å². The second-order valence-corrected chi connectivity index (χ2v) is 9.05. The third-order valence-electron chi connectivity index (χ3n) is 7.00. The molecule has 4 unspecified atom stereocenters. The van der Waals surface area contributed by atoms with E-state index in [1.165, 1.54) is 30.3 Å². The molecule has 0 amide bonds. The molecule has 6 heteroatoms. The Morgan fingerprint density at radius 3 is 1.76 bits per heavy atom. The van der Waals surface area contributed by atoms with Crippen molar-refractivity contribution in [3.05, 3.63) is 89.2 Å². The topological polar surface area (TPSA) is 77.8 Å². The average Bonchev–Trinajstić information content (AvgIpc) is 2.81. The van der Waals surface area contributed by atoms with Crippen LogP contribution in [0.5, 0.6) is 11.5 Å². The van der Waals surface area contributed by atoms with E-state index in [9.17, 15) is 24.2 Å². The zero-order valence-electron chi connectivity index (χ0n) is 19.4. The van der Waals surface area contributed by atoms with Gasteiger partial charge in [-0.1, -0.05) is 30.3 Å². The van der Waals surface area contributed by atoms with E-state index in [1.807, 2.05) is 24.8 Å². The van der Waals surface area contributed by atoms with Crippen LogP contribution < -0.4 is 4.90 Å². The number of Topliss-reactive ketones (excluding diaryl/α,β-unsaturated/α-hetero) is 2. The summed E-state index contributed by atoms with van der Waals surface area (Å²) in [6, 6.07) is 16.6. The lowest BCUT2D eigenvalue weighted by molar-refractivity contribution is 0.0757. The number of aromatic hydroxyl groups is 2. The van der Waals surface area contributed by atoms with E-state index in [-0.39, 0.29) is 41.0 Å². The smallest absolute Gasteiger partial charge is 0.168 e. The van der Waals surface area contributed by atoms with E-state index >= 15 is 0 Å². The lowest BCUT2D eigenvalue weighted by atomic mass is 9.73. The largest absolute Gasteiger partial charge is 0.508 e. The number of phenolic OH excluding ortho intramolecular Hbond substituents is 2. The number of benzene rings is 3. The monoisotopic (exact) mass is 461 g/mol. The molecule has 3 aromatic carbocycles. The summed E-state index contributed by atoms with van der Waals surface area (Å²) < 4.78 is 14.5. The van der Waals surface area contributed by atoms with Crippen LogP contribution in [0.25, 0.3) is 0 Å². The van der Waals surface area contributed by atoms with Crippen molar-refractivity contribution in [2.45, 2.75) is 39.3 Å². The normalized spacial score (nSPS) is 22.4. The molecule has 1 heterocycles. The van der Waals surface area contributed by atoms with E-state index in [0.717, 1.165) is 0 Å². The van der Waals surface area contributed by atoms with E-state index in [2.05, 4.69) is 0 Å². The highest BCUT2D eigenvalue weighted by molar-refractivity contribution is 6.02. The fraction of sp³-hybridized carbons (Fsp3) is 0.286. The first-order valence-corrected chi connectivity index (χ1v) is 11.4. The van der Waals surface area contributed by atoms with Gasteiger partial charge in [0, 0.05) is 46.3 Å². The van der Waals surface area contributed by atoms with Gasteiger partial charge in [0.25, 0.3) is 0 Å². The molecule has 34 heavy (non-hydrogen) atoms. The quantitative estimate of drug-likeness (QED) is 0.489. The lowest BCUT2D eigenvalue weighted by Crippen LogP contribution is -2.57. The molecule has 0 aliphatic carbocycles. The molecule has 0 spiro atoms. The van der Waals surface area contributed by atoms with Crippen LogP contribution in [0.1, 0.15) is 46.5 Å². The first-order chi connectivity index (χ1) is 16.2. The molecule has 1 aliphatic heterocycles. The Balaban J connectivity index is 1.80. The van der Waals surface area contributed by atoms with Crippen molar-refractivity contribution in [3.63, 3.8) is 0 Å². The Kier molecular flexibility index (Phi) is 6.42. The van der Waals surface area contributed by atoms with Crippen molar-refractivity contribution in [2.24, 2.45) is 11.8 Å². The highest BCUT2D eigenvalue weighted by Crippen LogP contribution is 2.40. The van der Waals surface area contributed by atoms with E-state index < -0.39 is 11.8 Å². The fourth-order valence-electron chi connectivity index (χ4n) is 5.14. The van der Waals surface area contributed by atoms with Crippen molar-refractivity contribution < 1.29 is 24.2 Å². The minimum atomic E-state index is -0.563. The van der Waals surface area contributed by atoms with Gasteiger partial charge in [-0.05, 0) is 63.6 Å². The lowest BCUT2D eigenvalue weighted by Gasteiger charge is -2.49. The first kappa shape index (κ1) is 23.5. The van der Waals surface area contributed by atoms with Crippen LogP contribution >= 0.6 is 0 Å². The molecule has 5 nitrogen and oxygen atoms in total. The molecule has 0 bridgehead atoms. The van der Waals surface area contributed by atoms with Crippen LogP contribution in [-0.2, 0) is 0 Å². The Labute approximate surface area is 198 Å². The summed E-state index contributed by atoms with van der Waals surface area (Å²) in [7, 11) is 0. The Bertz CT molecular complexity index is 1170. The van der Waals surface area contributed by atoms with Crippen LogP contribution in [-0.4, -0.2) is 33.9 Å². The summed E-state index contributed by atoms with van der Waals surface area (Å²) in [6.45, 7) is 5.53. The van der Waals surface area contributed by atoms with Gasteiger partial charge in [-0.15, -0.1) is 0 Å². The summed E-state index contributed by atoms with van der Waals surface area (Å²) in [5.41, 5.74) is 1.83. The standard InChI is InChI=1S/C28H28FNO4/c1-16-25(29)11-6-12-26(16)30-17(2)23(27(33)19-7-4-9-21(31)13-19)15-24(18(30)3)28(34)20-8-5-10-22(32)14-20/h4-14,17-18,23-24,31-32H,15H2,1-3H3. The van der Waals surface area contributed by atoms with Gasteiger partial charge in [-0.2, -0.15) is 0 Å². The van der Waals surface area contributed by atoms with Gasteiger partial charge in [0.1, 0.15) is 17.3 Å². The second-order valence-electron chi connectivity index (χ2n) is 9.05. The number of carbonyl (C=O) groups excluding carboxylic acids is 2. The molecular formula is C28H28FNO4. The number of hydrogen-bond donors (Lipinski definition) is 2. The number of carbonyl (C=O) groups is 2. The predicted octanol–water partition coefficient (Wildman–Crippen LogP) is 5.53. The van der Waals surface area contributed by atoms with Crippen molar-refractivity contribution in [1.29, 1.82) is 0 Å². The fourth-order valence-corrected chi connectivity index (χ4v) is 5.14. The zero-order valence-corrected chi connectivity index (χ0v) is 19.4. The van der Waals surface area contributed by atoms with Crippen LogP contribution in [0.4, 0.5) is 10.1 Å². The van der Waals surface area contributed by atoms with Crippen LogP contribution in [0.2, 0.25) is 0 Å². The Morgan fingerprint density at radius 1 is 0.824 bits per heavy atom. The number of ketones is 2. The SMILES string of the molecule is Cc1c(F)cccc1N1C(C)C(C(=O)c2cccc(O)c2)CC(C(=O)c2cccc(O)c2)C1C. The maximum atomic E-state index is 14.5. The molecule has 4 rings (SSSR count). The van der Waals surface area contributed by atoms with Gasteiger partial charge >= 0.3 is 0 Å². The van der Waals surface area contributed by atoms with E-state index in [1.54, 1.807) is 37.3 Å². The van der Waals surface area contributed by atoms with Gasteiger partial charge < -0.3 is 15.1 Å². The molecule has 176 valence electrons. The van der Waals surface area contributed by atoms with Gasteiger partial charge in [0.2, 0.25) is 0 Å². The Hall–Kier alpha value is -3.67. The average molecular weight is 462 g/mol. The molecule has 1 saturated heterocycles. The van der Waals surface area contributed by atoms with Gasteiger partial charge in [0.05, 0.1) is 0 Å². The molecule has 1 fully saturated rings. The molecular weight excluding hydrogens is 433 g/mol. The molecule has 4 atom stereocenters. The maximum Gasteiger partial charge on any atom is 0.168 e. The summed E-state index contributed by atoms with van der Waals surface area (Å²) in [5, 5.41) is 19.8. The zero-order chi connectivity index (χ0) is 24.6.